The van der Waals surface area contributed by atoms with Crippen LogP contribution >= 0.6 is 0 Å². The predicted molar refractivity (Wildman–Crippen MR) is 106 cm³/mol. The van der Waals surface area contributed by atoms with Crippen molar-refractivity contribution in [3.63, 3.8) is 0 Å². The van der Waals surface area contributed by atoms with Gasteiger partial charge in [-0.3, -0.25) is 0 Å². The fraction of sp³-hybridized carbons (Fsp3) is 0.364. The van der Waals surface area contributed by atoms with Crippen LogP contribution in [0.15, 0.2) is 41.5 Å². The monoisotopic (exact) mass is 374 g/mol. The number of carbonyl (C=O) groups is 1. The molecule has 1 aliphatic carbocycles. The maximum atomic E-state index is 11.1. The molecule has 6 nitrogen and oxygen atoms in total. The molecule has 1 fully saturated rings. The number of aromatic carboxylic acids is 1. The highest BCUT2D eigenvalue weighted by Gasteiger charge is 2.36. The molecule has 0 amide bonds. The molecule has 6 heteroatoms. The summed E-state index contributed by atoms with van der Waals surface area (Å²) >= 11 is 0. The lowest BCUT2D eigenvalue weighted by Crippen LogP contribution is -2.33. The van der Waals surface area contributed by atoms with Crippen LogP contribution in [0, 0.1) is 24.2 Å². The number of benzene rings is 1. The summed E-state index contributed by atoms with van der Waals surface area (Å²) in [6.07, 6.45) is 5.70. The number of pyridine rings is 1. The summed E-state index contributed by atoms with van der Waals surface area (Å²) < 4.78 is 0. The molecule has 0 saturated heterocycles. The standard InChI is InChI=1S/C22H22N4O2/c1-14-18(13-23)10-11-21(24-14)26-20(16-4-2-3-5-16)12-19(25-26)15-6-8-17(9-7-15)22(27)28/h6-11,16,20H,2-5,12H2,1H3,(H,27,28). The van der Waals surface area contributed by atoms with Gasteiger partial charge >= 0.3 is 5.97 Å². The first-order valence-corrected chi connectivity index (χ1v) is 9.65. The molecule has 142 valence electrons. The van der Waals surface area contributed by atoms with E-state index in [-0.39, 0.29) is 11.6 Å². The van der Waals surface area contributed by atoms with Crippen LogP contribution in [0.25, 0.3) is 0 Å². The molecule has 0 radical (unpaired) electrons. The summed E-state index contributed by atoms with van der Waals surface area (Å²) in [6.45, 7) is 1.85. The van der Waals surface area contributed by atoms with Gasteiger partial charge in [0.15, 0.2) is 0 Å². The average molecular weight is 374 g/mol. The summed E-state index contributed by atoms with van der Waals surface area (Å²) in [7, 11) is 0. The Bertz CT molecular complexity index is 969. The molecule has 1 atom stereocenters. The van der Waals surface area contributed by atoms with Crippen LogP contribution in [0.1, 0.15) is 59.3 Å². The van der Waals surface area contributed by atoms with E-state index in [2.05, 4.69) is 11.1 Å². The van der Waals surface area contributed by atoms with E-state index < -0.39 is 5.97 Å². The Labute approximate surface area is 164 Å². The fourth-order valence-corrected chi connectivity index (χ4v) is 4.23. The summed E-state index contributed by atoms with van der Waals surface area (Å²) in [5.41, 5.74) is 3.46. The number of anilines is 1. The zero-order chi connectivity index (χ0) is 19.7. The molecule has 28 heavy (non-hydrogen) atoms. The number of nitriles is 1. The molecule has 2 heterocycles. The van der Waals surface area contributed by atoms with E-state index in [1.165, 1.54) is 25.7 Å². The van der Waals surface area contributed by atoms with E-state index in [9.17, 15) is 10.1 Å². The van der Waals surface area contributed by atoms with Gasteiger partial charge in [-0.2, -0.15) is 10.4 Å². The quantitative estimate of drug-likeness (QED) is 0.869. The molecule has 0 spiro atoms. The number of carboxylic acids is 1. The molecule has 1 saturated carbocycles. The summed E-state index contributed by atoms with van der Waals surface area (Å²) in [4.78, 5) is 15.7. The van der Waals surface area contributed by atoms with Gasteiger partial charge in [-0.25, -0.2) is 14.8 Å². The van der Waals surface area contributed by atoms with E-state index >= 15 is 0 Å². The van der Waals surface area contributed by atoms with Gasteiger partial charge in [0.1, 0.15) is 11.9 Å². The van der Waals surface area contributed by atoms with Crippen LogP contribution in [-0.2, 0) is 0 Å². The Morgan fingerprint density at radius 3 is 2.50 bits per heavy atom. The van der Waals surface area contributed by atoms with Crippen molar-refractivity contribution in [3.05, 3.63) is 58.8 Å². The Morgan fingerprint density at radius 2 is 1.89 bits per heavy atom. The maximum absolute atomic E-state index is 11.1. The lowest BCUT2D eigenvalue weighted by atomic mass is 9.92. The van der Waals surface area contributed by atoms with E-state index in [4.69, 9.17) is 10.2 Å². The minimum absolute atomic E-state index is 0.247. The molecule has 2 aliphatic rings. The number of aromatic nitrogens is 1. The molecule has 1 unspecified atom stereocenters. The third-order valence-corrected chi connectivity index (χ3v) is 5.78. The average Bonchev–Trinajstić information content (AvgIpc) is 3.37. The highest BCUT2D eigenvalue weighted by Crippen LogP contribution is 2.37. The third-order valence-electron chi connectivity index (χ3n) is 5.78. The Hall–Kier alpha value is -3.20. The van der Waals surface area contributed by atoms with Crippen molar-refractivity contribution in [1.29, 1.82) is 5.26 Å². The molecule has 1 N–H and O–H groups in total. The zero-order valence-corrected chi connectivity index (χ0v) is 15.8. The number of hydrazone groups is 1. The van der Waals surface area contributed by atoms with Crippen molar-refractivity contribution in [2.75, 3.05) is 5.01 Å². The van der Waals surface area contributed by atoms with Gasteiger partial charge in [0.25, 0.3) is 0 Å². The molecule has 1 aromatic carbocycles. The van der Waals surface area contributed by atoms with Gasteiger partial charge < -0.3 is 5.11 Å². The van der Waals surface area contributed by atoms with E-state index in [0.29, 0.717) is 17.2 Å². The molecule has 0 bridgehead atoms. The van der Waals surface area contributed by atoms with Crippen molar-refractivity contribution in [3.8, 4) is 6.07 Å². The lowest BCUT2D eigenvalue weighted by molar-refractivity contribution is 0.0697. The largest absolute Gasteiger partial charge is 0.478 e. The lowest BCUT2D eigenvalue weighted by Gasteiger charge is -2.27. The molecule has 1 aromatic heterocycles. The second kappa shape index (κ2) is 7.43. The van der Waals surface area contributed by atoms with Crippen molar-refractivity contribution >= 4 is 17.5 Å². The normalized spacial score (nSPS) is 19.5. The number of nitrogens with zero attached hydrogens (tertiary/aromatic N) is 4. The number of hydrogen-bond acceptors (Lipinski definition) is 5. The smallest absolute Gasteiger partial charge is 0.335 e. The highest BCUT2D eigenvalue weighted by atomic mass is 16.4. The molecular weight excluding hydrogens is 352 g/mol. The minimum Gasteiger partial charge on any atom is -0.478 e. The number of aryl methyl sites for hydroxylation is 1. The van der Waals surface area contributed by atoms with Crippen LogP contribution < -0.4 is 5.01 Å². The van der Waals surface area contributed by atoms with Gasteiger partial charge in [-0.05, 0) is 55.5 Å². The second-order valence-corrected chi connectivity index (χ2v) is 7.50. The first-order valence-electron chi connectivity index (χ1n) is 9.65. The Balaban J connectivity index is 1.68. The molecule has 2 aromatic rings. The van der Waals surface area contributed by atoms with Gasteiger partial charge in [-0.1, -0.05) is 25.0 Å². The van der Waals surface area contributed by atoms with Crippen LogP contribution in [0.4, 0.5) is 5.82 Å². The van der Waals surface area contributed by atoms with Gasteiger partial charge in [0.05, 0.1) is 28.6 Å². The predicted octanol–water partition coefficient (Wildman–Crippen LogP) is 4.13. The summed E-state index contributed by atoms with van der Waals surface area (Å²) in [6, 6.07) is 13.0. The molecule has 1 aliphatic heterocycles. The van der Waals surface area contributed by atoms with E-state index in [0.717, 1.165) is 23.5 Å². The van der Waals surface area contributed by atoms with Crippen molar-refractivity contribution < 1.29 is 9.90 Å². The molecular formula is C22H22N4O2. The molecule has 4 rings (SSSR count). The SMILES string of the molecule is Cc1nc(N2N=C(c3ccc(C(=O)O)cc3)CC2C2CCCC2)ccc1C#N. The fourth-order valence-electron chi connectivity index (χ4n) is 4.23. The van der Waals surface area contributed by atoms with Crippen molar-refractivity contribution in [2.45, 2.75) is 45.1 Å². The van der Waals surface area contributed by atoms with E-state index in [1.54, 1.807) is 18.2 Å². The van der Waals surface area contributed by atoms with E-state index in [1.807, 2.05) is 30.1 Å². The third kappa shape index (κ3) is 3.36. The second-order valence-electron chi connectivity index (χ2n) is 7.50. The van der Waals surface area contributed by atoms with Crippen molar-refractivity contribution in [1.82, 2.24) is 4.98 Å². The summed E-state index contributed by atoms with van der Waals surface area (Å²) in [5.74, 6) is 0.408. The van der Waals surface area contributed by atoms with Crippen LogP contribution in [-0.4, -0.2) is 27.8 Å². The zero-order valence-electron chi connectivity index (χ0n) is 15.8. The number of carboxylic acid groups (broad SMARTS) is 1. The van der Waals surface area contributed by atoms with Gasteiger partial charge in [0, 0.05) is 6.42 Å². The minimum atomic E-state index is -0.928. The number of hydrogen-bond donors (Lipinski definition) is 1. The van der Waals surface area contributed by atoms with Crippen LogP contribution in [0.3, 0.4) is 0 Å². The Morgan fingerprint density at radius 1 is 1.18 bits per heavy atom. The summed E-state index contributed by atoms with van der Waals surface area (Å²) in [5, 5.41) is 25.2. The van der Waals surface area contributed by atoms with Gasteiger partial charge in [0.2, 0.25) is 0 Å². The topological polar surface area (TPSA) is 89.6 Å². The maximum Gasteiger partial charge on any atom is 0.335 e. The highest BCUT2D eigenvalue weighted by molar-refractivity contribution is 6.03. The first-order chi connectivity index (χ1) is 13.6. The van der Waals surface area contributed by atoms with Crippen molar-refractivity contribution in [2.24, 2.45) is 11.0 Å². The van der Waals surface area contributed by atoms with Gasteiger partial charge in [-0.15, -0.1) is 0 Å². The van der Waals surface area contributed by atoms with Crippen LogP contribution in [0.2, 0.25) is 0 Å². The Kier molecular flexibility index (Phi) is 4.82. The first kappa shape index (κ1) is 18.2. The van der Waals surface area contributed by atoms with Crippen LogP contribution in [0.5, 0.6) is 0 Å². The number of rotatable bonds is 4.